The third-order valence-electron chi connectivity index (χ3n) is 2.78. The van der Waals surface area contributed by atoms with E-state index in [1.54, 1.807) is 48.8 Å². The van der Waals surface area contributed by atoms with Crippen molar-refractivity contribution < 1.29 is 4.73 Å². The molecule has 0 spiro atoms. The van der Waals surface area contributed by atoms with E-state index in [1.807, 2.05) is 0 Å². The molecular weight excluding hydrogens is 276 g/mol. The molecule has 0 amide bonds. The zero-order valence-electron chi connectivity index (χ0n) is 10.3. The van der Waals surface area contributed by atoms with Crippen LogP contribution in [-0.4, -0.2) is 15.2 Å². The van der Waals surface area contributed by atoms with Crippen LogP contribution in [-0.2, 0) is 0 Å². The van der Waals surface area contributed by atoms with Gasteiger partial charge in [-0.25, -0.2) is 4.73 Å². The normalized spacial score (nSPS) is 10.4. The van der Waals surface area contributed by atoms with E-state index in [1.165, 1.54) is 6.20 Å². The Hall–Kier alpha value is -2.53. The molecule has 2 aromatic heterocycles. The Morgan fingerprint density at radius 1 is 0.900 bits per heavy atom. The fraction of sp³-hybridized carbons (Fsp3) is 0. The fourth-order valence-electron chi connectivity index (χ4n) is 1.78. The Morgan fingerprint density at radius 2 is 1.60 bits per heavy atom. The van der Waals surface area contributed by atoms with Crippen LogP contribution in [0.25, 0.3) is 22.6 Å². The van der Waals surface area contributed by atoms with Crippen molar-refractivity contribution in [2.75, 3.05) is 0 Å². The molecule has 0 fully saturated rings. The summed E-state index contributed by atoms with van der Waals surface area (Å²) in [6, 6.07) is 10.5. The minimum Gasteiger partial charge on any atom is -0.710 e. The molecule has 0 aliphatic rings. The molecule has 5 nitrogen and oxygen atoms in total. The summed E-state index contributed by atoms with van der Waals surface area (Å²) in [7, 11) is 0. The first-order valence-corrected chi connectivity index (χ1v) is 6.25. The Bertz CT molecular complexity index is 732. The van der Waals surface area contributed by atoms with Gasteiger partial charge in [0.2, 0.25) is 0 Å². The topological polar surface area (TPSA) is 65.6 Å². The van der Waals surface area contributed by atoms with E-state index in [4.69, 9.17) is 11.6 Å². The number of benzene rings is 1. The van der Waals surface area contributed by atoms with Crippen LogP contribution in [0.1, 0.15) is 0 Å². The lowest BCUT2D eigenvalue weighted by Crippen LogP contribution is -2.31. The predicted octanol–water partition coefficient (Wildman–Crippen LogP) is 2.49. The summed E-state index contributed by atoms with van der Waals surface area (Å²) >= 11 is 5.83. The highest BCUT2D eigenvalue weighted by Gasteiger charge is 2.14. The second-order valence-electron chi connectivity index (χ2n) is 4.11. The van der Waals surface area contributed by atoms with E-state index < -0.39 is 0 Å². The predicted molar refractivity (Wildman–Crippen MR) is 74.7 cm³/mol. The van der Waals surface area contributed by atoms with Gasteiger partial charge in [0, 0.05) is 23.0 Å². The average molecular weight is 285 g/mol. The first-order valence-electron chi connectivity index (χ1n) is 5.87. The minimum absolute atomic E-state index is 0.241. The van der Waals surface area contributed by atoms with Crippen molar-refractivity contribution in [3.05, 3.63) is 65.2 Å². The van der Waals surface area contributed by atoms with E-state index in [0.717, 1.165) is 5.56 Å². The second kappa shape index (κ2) is 5.22. The van der Waals surface area contributed by atoms with Crippen molar-refractivity contribution >= 4 is 11.6 Å². The minimum atomic E-state index is 0.241. The Kier molecular flexibility index (Phi) is 3.26. The van der Waals surface area contributed by atoms with E-state index in [0.29, 0.717) is 21.0 Å². The lowest BCUT2D eigenvalue weighted by molar-refractivity contribution is -0.596. The standard InChI is InChI=1S/C14H9ClN4O/c15-12-3-1-10(2-4-12)13-9-19(20)14(18-17-13)11-5-7-16-8-6-11/h1-9H. The average Bonchev–Trinajstić information content (AvgIpc) is 2.49. The molecule has 0 radical (unpaired) electrons. The Balaban J connectivity index is 2.01. The highest BCUT2D eigenvalue weighted by Crippen LogP contribution is 2.19. The molecule has 0 unspecified atom stereocenters. The summed E-state index contributed by atoms with van der Waals surface area (Å²) in [5, 5.41) is 20.7. The molecule has 3 rings (SSSR count). The number of halogens is 1. The zero-order chi connectivity index (χ0) is 13.9. The van der Waals surface area contributed by atoms with E-state index in [2.05, 4.69) is 15.2 Å². The monoisotopic (exact) mass is 284 g/mol. The molecule has 1 aromatic carbocycles. The molecular formula is C14H9ClN4O. The molecule has 0 atom stereocenters. The molecule has 0 aliphatic carbocycles. The van der Waals surface area contributed by atoms with Crippen LogP contribution in [0.3, 0.4) is 0 Å². The maximum absolute atomic E-state index is 12.0. The number of pyridine rings is 1. The summed E-state index contributed by atoms with van der Waals surface area (Å²) < 4.78 is 0.701. The van der Waals surface area contributed by atoms with Crippen LogP contribution in [0, 0.1) is 5.21 Å². The van der Waals surface area contributed by atoms with Crippen molar-refractivity contribution in [1.82, 2.24) is 15.2 Å². The Labute approximate surface area is 120 Å². The molecule has 0 bridgehead atoms. The van der Waals surface area contributed by atoms with E-state index in [-0.39, 0.29) is 5.82 Å². The zero-order valence-corrected chi connectivity index (χ0v) is 11.0. The van der Waals surface area contributed by atoms with E-state index in [9.17, 15) is 5.21 Å². The van der Waals surface area contributed by atoms with Gasteiger partial charge >= 0.3 is 5.82 Å². The van der Waals surface area contributed by atoms with Gasteiger partial charge in [-0.1, -0.05) is 23.7 Å². The molecule has 0 N–H and O–H groups in total. The van der Waals surface area contributed by atoms with Gasteiger partial charge in [-0.05, 0) is 29.4 Å². The van der Waals surface area contributed by atoms with Crippen molar-refractivity contribution in [3.63, 3.8) is 0 Å². The fourth-order valence-corrected chi connectivity index (χ4v) is 1.91. The van der Waals surface area contributed by atoms with Crippen LogP contribution >= 0.6 is 11.6 Å². The van der Waals surface area contributed by atoms with Crippen LogP contribution < -0.4 is 4.73 Å². The number of nitrogens with zero attached hydrogens (tertiary/aromatic N) is 4. The first-order chi connectivity index (χ1) is 9.74. The summed E-state index contributed by atoms with van der Waals surface area (Å²) in [4.78, 5) is 3.90. The number of aromatic nitrogens is 4. The third kappa shape index (κ3) is 2.44. The molecule has 6 heteroatoms. The Morgan fingerprint density at radius 3 is 2.25 bits per heavy atom. The SMILES string of the molecule is [O-][n+]1cc(-c2ccc(Cl)cc2)nnc1-c1ccncc1. The second-order valence-corrected chi connectivity index (χ2v) is 4.54. The van der Waals surface area contributed by atoms with Crippen molar-refractivity contribution in [3.8, 4) is 22.6 Å². The van der Waals surface area contributed by atoms with Crippen LogP contribution in [0.2, 0.25) is 5.02 Å². The first kappa shape index (κ1) is 12.5. The molecule has 0 saturated carbocycles. The largest absolute Gasteiger partial charge is 0.710 e. The molecule has 3 aromatic rings. The highest BCUT2D eigenvalue weighted by atomic mass is 35.5. The van der Waals surface area contributed by atoms with Crippen molar-refractivity contribution in [2.24, 2.45) is 0 Å². The van der Waals surface area contributed by atoms with Gasteiger partial charge in [-0.15, -0.1) is 0 Å². The maximum atomic E-state index is 12.0. The summed E-state index contributed by atoms with van der Waals surface area (Å²) in [6.07, 6.45) is 4.60. The molecule has 98 valence electrons. The summed E-state index contributed by atoms with van der Waals surface area (Å²) in [6.45, 7) is 0. The van der Waals surface area contributed by atoms with Crippen LogP contribution in [0.4, 0.5) is 0 Å². The number of hydrogen-bond donors (Lipinski definition) is 0. The van der Waals surface area contributed by atoms with Gasteiger partial charge in [0.1, 0.15) is 6.20 Å². The van der Waals surface area contributed by atoms with Gasteiger partial charge in [0.15, 0.2) is 5.69 Å². The molecule has 2 heterocycles. The van der Waals surface area contributed by atoms with Gasteiger partial charge in [-0.2, -0.15) is 0 Å². The maximum Gasteiger partial charge on any atom is 0.361 e. The van der Waals surface area contributed by atoms with Gasteiger partial charge in [0.25, 0.3) is 0 Å². The molecule has 20 heavy (non-hydrogen) atoms. The quantitative estimate of drug-likeness (QED) is 0.536. The summed E-state index contributed by atoms with van der Waals surface area (Å²) in [5.74, 6) is 0.241. The van der Waals surface area contributed by atoms with Crippen molar-refractivity contribution in [1.29, 1.82) is 0 Å². The number of hydrogen-bond acceptors (Lipinski definition) is 4. The summed E-state index contributed by atoms with van der Waals surface area (Å²) in [5.41, 5.74) is 1.95. The van der Waals surface area contributed by atoms with Gasteiger partial charge in [0.05, 0.1) is 10.7 Å². The third-order valence-corrected chi connectivity index (χ3v) is 3.03. The van der Waals surface area contributed by atoms with Crippen LogP contribution in [0.15, 0.2) is 55.0 Å². The molecule has 0 aliphatic heterocycles. The molecule has 0 saturated heterocycles. The van der Waals surface area contributed by atoms with E-state index >= 15 is 0 Å². The van der Waals surface area contributed by atoms with Crippen molar-refractivity contribution in [2.45, 2.75) is 0 Å². The smallest absolute Gasteiger partial charge is 0.361 e. The van der Waals surface area contributed by atoms with Crippen LogP contribution in [0.5, 0.6) is 0 Å². The lowest BCUT2D eigenvalue weighted by atomic mass is 10.2. The van der Waals surface area contributed by atoms with Gasteiger partial charge in [-0.3, -0.25) is 4.98 Å². The number of rotatable bonds is 2. The lowest BCUT2D eigenvalue weighted by Gasteiger charge is -2.06. The van der Waals surface area contributed by atoms with Gasteiger partial charge < -0.3 is 5.21 Å². The highest BCUT2D eigenvalue weighted by molar-refractivity contribution is 6.30.